The number of imidazole rings is 1. The minimum Gasteiger partial charge on any atom is -0.323 e. The van der Waals surface area contributed by atoms with E-state index in [1.54, 1.807) is 0 Å². The molecule has 0 N–H and O–H groups in total. The maximum absolute atomic E-state index is 4.85. The Morgan fingerprint density at radius 3 is 2.15 bits per heavy atom. The van der Waals surface area contributed by atoms with Gasteiger partial charge in [0, 0.05) is 20.9 Å². The first-order chi connectivity index (χ1) is 12.8. The predicted molar refractivity (Wildman–Crippen MR) is 107 cm³/mol. The minimum absolute atomic E-state index is 0.218. The third-order valence-electron chi connectivity index (χ3n) is 5.00. The zero-order chi connectivity index (χ0) is 17.5. The van der Waals surface area contributed by atoms with E-state index < -0.39 is 0 Å². The summed E-state index contributed by atoms with van der Waals surface area (Å²) in [7, 11) is 0. The molecule has 0 spiro atoms. The van der Waals surface area contributed by atoms with Gasteiger partial charge in [0.2, 0.25) is 0 Å². The molecular formula is C23H18N2S. The Morgan fingerprint density at radius 1 is 0.769 bits per heavy atom. The van der Waals surface area contributed by atoms with E-state index in [0.717, 1.165) is 5.69 Å². The molecule has 126 valence electrons. The Kier molecular flexibility index (Phi) is 3.68. The lowest BCUT2D eigenvalue weighted by Gasteiger charge is -2.18. The number of fused-ring (bicyclic) bond motifs is 5. The van der Waals surface area contributed by atoms with Gasteiger partial charge in [-0.25, -0.2) is 4.98 Å². The summed E-state index contributed by atoms with van der Waals surface area (Å²) < 4.78 is 2.31. The van der Waals surface area contributed by atoms with Gasteiger partial charge < -0.3 is 4.57 Å². The van der Waals surface area contributed by atoms with Gasteiger partial charge in [0.25, 0.3) is 0 Å². The molecule has 0 saturated heterocycles. The van der Waals surface area contributed by atoms with Crippen molar-refractivity contribution < 1.29 is 0 Å². The molecule has 2 heterocycles. The van der Waals surface area contributed by atoms with E-state index in [1.165, 1.54) is 32.2 Å². The lowest BCUT2D eigenvalue weighted by molar-refractivity contribution is 0.644. The summed E-state index contributed by atoms with van der Waals surface area (Å²) in [5.41, 5.74) is 6.03. The second-order valence-electron chi connectivity index (χ2n) is 6.53. The molecular weight excluding hydrogens is 336 g/mol. The Balaban J connectivity index is 1.78. The summed E-state index contributed by atoms with van der Waals surface area (Å²) in [4.78, 5) is 7.39. The molecule has 5 rings (SSSR count). The summed E-state index contributed by atoms with van der Waals surface area (Å²) in [5, 5.41) is 0. The number of nitrogens with zero attached hydrogens (tertiary/aromatic N) is 2. The van der Waals surface area contributed by atoms with E-state index in [1.807, 2.05) is 18.1 Å². The largest absolute Gasteiger partial charge is 0.323 e. The van der Waals surface area contributed by atoms with Crippen molar-refractivity contribution in [3.63, 3.8) is 0 Å². The lowest BCUT2D eigenvalue weighted by Crippen LogP contribution is -2.07. The van der Waals surface area contributed by atoms with Gasteiger partial charge in [0.1, 0.15) is 0 Å². The van der Waals surface area contributed by atoms with Crippen LogP contribution in [0.1, 0.15) is 18.5 Å². The minimum atomic E-state index is 0.218. The molecule has 0 amide bonds. The van der Waals surface area contributed by atoms with Crippen molar-refractivity contribution in [3.05, 3.63) is 90.8 Å². The summed E-state index contributed by atoms with van der Waals surface area (Å²) in [5.74, 6) is 0. The average molecular weight is 354 g/mol. The van der Waals surface area contributed by atoms with Gasteiger partial charge in [-0.3, -0.25) is 0 Å². The Labute approximate surface area is 157 Å². The Bertz CT molecular complexity index is 1080. The van der Waals surface area contributed by atoms with Gasteiger partial charge in [-0.05, 0) is 24.6 Å². The molecule has 0 radical (unpaired) electrons. The molecule has 2 nitrogen and oxygen atoms in total. The summed E-state index contributed by atoms with van der Waals surface area (Å²) in [6.07, 6.45) is 1.99. The molecule has 4 aromatic rings. The first-order valence-corrected chi connectivity index (χ1v) is 9.63. The molecule has 0 bridgehead atoms. The fraction of sp³-hybridized carbons (Fsp3) is 0.0870. The highest BCUT2D eigenvalue weighted by atomic mass is 32.2. The smallest absolute Gasteiger partial charge is 0.0975 e. The zero-order valence-electron chi connectivity index (χ0n) is 14.5. The second kappa shape index (κ2) is 6.19. The quantitative estimate of drug-likeness (QED) is 0.371. The van der Waals surface area contributed by atoms with Crippen LogP contribution in [0.2, 0.25) is 0 Å². The van der Waals surface area contributed by atoms with Gasteiger partial charge in [-0.15, -0.1) is 0 Å². The van der Waals surface area contributed by atoms with E-state index in [0.29, 0.717) is 0 Å². The van der Waals surface area contributed by atoms with Crippen molar-refractivity contribution in [2.24, 2.45) is 0 Å². The Hall–Kier alpha value is -2.78. The van der Waals surface area contributed by atoms with E-state index in [2.05, 4.69) is 90.4 Å². The van der Waals surface area contributed by atoms with Crippen molar-refractivity contribution in [1.82, 2.24) is 9.55 Å². The van der Waals surface area contributed by atoms with Gasteiger partial charge >= 0.3 is 0 Å². The van der Waals surface area contributed by atoms with Crippen LogP contribution in [0.4, 0.5) is 0 Å². The molecule has 3 heteroatoms. The van der Waals surface area contributed by atoms with Crippen LogP contribution < -0.4 is 0 Å². The van der Waals surface area contributed by atoms with Crippen LogP contribution in [0.5, 0.6) is 0 Å². The molecule has 0 fully saturated rings. The van der Waals surface area contributed by atoms with E-state index in [-0.39, 0.29) is 6.04 Å². The number of hydrogen-bond acceptors (Lipinski definition) is 2. The van der Waals surface area contributed by atoms with Gasteiger partial charge in [0.05, 0.1) is 23.8 Å². The fourth-order valence-corrected chi connectivity index (χ4v) is 4.71. The van der Waals surface area contributed by atoms with Crippen molar-refractivity contribution in [1.29, 1.82) is 0 Å². The topological polar surface area (TPSA) is 17.8 Å². The van der Waals surface area contributed by atoms with E-state index in [9.17, 15) is 0 Å². The normalized spacial score (nSPS) is 13.3. The van der Waals surface area contributed by atoms with Crippen LogP contribution in [-0.4, -0.2) is 9.55 Å². The molecule has 0 aliphatic carbocycles. The fourth-order valence-electron chi connectivity index (χ4n) is 3.63. The van der Waals surface area contributed by atoms with Crippen LogP contribution in [0.3, 0.4) is 0 Å². The van der Waals surface area contributed by atoms with Crippen molar-refractivity contribution in [2.45, 2.75) is 22.8 Å². The maximum atomic E-state index is 4.85. The highest BCUT2D eigenvalue weighted by Crippen LogP contribution is 2.47. The third kappa shape index (κ3) is 2.39. The molecule has 3 aromatic carbocycles. The lowest BCUT2D eigenvalue weighted by atomic mass is 10.0. The van der Waals surface area contributed by atoms with E-state index in [4.69, 9.17) is 4.98 Å². The van der Waals surface area contributed by atoms with Gasteiger partial charge in [-0.2, -0.15) is 0 Å². The molecule has 1 atom stereocenters. The second-order valence-corrected chi connectivity index (χ2v) is 7.61. The number of aromatic nitrogens is 2. The van der Waals surface area contributed by atoms with Crippen LogP contribution in [0.25, 0.3) is 22.5 Å². The molecule has 0 saturated carbocycles. The highest BCUT2D eigenvalue weighted by molar-refractivity contribution is 7.99. The van der Waals surface area contributed by atoms with Crippen LogP contribution in [-0.2, 0) is 0 Å². The average Bonchev–Trinajstić information content (AvgIpc) is 3.08. The van der Waals surface area contributed by atoms with Crippen LogP contribution >= 0.6 is 11.8 Å². The zero-order valence-corrected chi connectivity index (χ0v) is 15.3. The van der Waals surface area contributed by atoms with Crippen molar-refractivity contribution in [2.75, 3.05) is 0 Å². The summed E-state index contributed by atoms with van der Waals surface area (Å²) in [6, 6.07) is 28.0. The SMILES string of the molecule is CC(c1ccccc1)n1cnc2c1-c1ccccc1Sc1ccccc1-2. The maximum Gasteiger partial charge on any atom is 0.0975 e. The monoisotopic (exact) mass is 354 g/mol. The number of rotatable bonds is 2. The summed E-state index contributed by atoms with van der Waals surface area (Å²) >= 11 is 1.83. The van der Waals surface area contributed by atoms with Crippen molar-refractivity contribution in [3.8, 4) is 22.5 Å². The van der Waals surface area contributed by atoms with Gasteiger partial charge in [0.15, 0.2) is 0 Å². The molecule has 1 aliphatic heterocycles. The molecule has 1 unspecified atom stereocenters. The third-order valence-corrected chi connectivity index (χ3v) is 6.15. The number of benzene rings is 3. The standard InChI is InChI=1S/C23H18N2S/c1-16(17-9-3-2-4-10-17)25-15-24-22-18-11-5-7-13-20(18)26-21-14-8-6-12-19(21)23(22)25/h2-16H,1H3. The summed E-state index contributed by atoms with van der Waals surface area (Å²) in [6.45, 7) is 2.24. The number of hydrogen-bond donors (Lipinski definition) is 0. The van der Waals surface area contributed by atoms with Crippen LogP contribution in [0.15, 0.2) is 95.0 Å². The predicted octanol–water partition coefficient (Wildman–Crippen LogP) is 6.29. The molecule has 1 aliphatic rings. The van der Waals surface area contributed by atoms with Crippen LogP contribution in [0, 0.1) is 0 Å². The molecule has 1 aromatic heterocycles. The van der Waals surface area contributed by atoms with E-state index >= 15 is 0 Å². The first kappa shape index (κ1) is 15.5. The van der Waals surface area contributed by atoms with Crippen molar-refractivity contribution >= 4 is 11.8 Å². The highest BCUT2D eigenvalue weighted by Gasteiger charge is 2.25. The Morgan fingerprint density at radius 2 is 1.38 bits per heavy atom. The van der Waals surface area contributed by atoms with Gasteiger partial charge in [-0.1, -0.05) is 78.5 Å². The first-order valence-electron chi connectivity index (χ1n) is 8.81. The molecule has 26 heavy (non-hydrogen) atoms.